The number of hydrogen-bond acceptors (Lipinski definition) is 2. The molecule has 156 valence electrons. The number of aryl methyl sites for hydroxylation is 1. The van der Waals surface area contributed by atoms with Gasteiger partial charge in [-0.1, -0.05) is 31.5 Å². The quantitative estimate of drug-likeness (QED) is 0.493. The van der Waals surface area contributed by atoms with Gasteiger partial charge >= 0.3 is 0 Å². The molecule has 0 aromatic heterocycles. The van der Waals surface area contributed by atoms with Gasteiger partial charge in [-0.2, -0.15) is 0 Å². The molecule has 2 nitrogen and oxygen atoms in total. The van der Waals surface area contributed by atoms with E-state index in [0.717, 1.165) is 44.1 Å². The van der Waals surface area contributed by atoms with E-state index in [4.69, 9.17) is 9.47 Å². The molecule has 2 aliphatic rings. The van der Waals surface area contributed by atoms with E-state index in [1.165, 1.54) is 0 Å². The molecule has 0 radical (unpaired) electrons. The van der Waals surface area contributed by atoms with Gasteiger partial charge in [0.1, 0.15) is 6.10 Å². The lowest BCUT2D eigenvalue weighted by atomic mass is 9.78. The fraction of sp³-hybridized carbons (Fsp3) is 0.500. The van der Waals surface area contributed by atoms with E-state index in [1.807, 2.05) is 6.07 Å². The third-order valence-electron chi connectivity index (χ3n) is 6.12. The Morgan fingerprint density at radius 1 is 0.966 bits per heavy atom. The van der Waals surface area contributed by atoms with Gasteiger partial charge in [0.25, 0.3) is 0 Å². The van der Waals surface area contributed by atoms with Crippen LogP contribution in [0, 0.1) is 23.4 Å². The molecule has 1 aliphatic heterocycles. The van der Waals surface area contributed by atoms with Crippen LogP contribution >= 0.6 is 0 Å². The zero-order chi connectivity index (χ0) is 20.4. The van der Waals surface area contributed by atoms with Gasteiger partial charge in [0, 0.05) is 5.56 Å². The van der Waals surface area contributed by atoms with Crippen LogP contribution < -0.4 is 4.74 Å². The molecule has 0 N–H and O–H groups in total. The molecule has 29 heavy (non-hydrogen) atoms. The van der Waals surface area contributed by atoms with Crippen molar-refractivity contribution in [2.75, 3.05) is 13.2 Å². The lowest BCUT2D eigenvalue weighted by Gasteiger charge is -2.29. The Kier molecular flexibility index (Phi) is 6.14. The van der Waals surface area contributed by atoms with Crippen LogP contribution in [0.2, 0.25) is 0 Å². The van der Waals surface area contributed by atoms with Gasteiger partial charge in [0.05, 0.1) is 13.2 Å². The van der Waals surface area contributed by atoms with E-state index < -0.39 is 11.6 Å². The summed E-state index contributed by atoms with van der Waals surface area (Å²) in [5, 5.41) is 0. The van der Waals surface area contributed by atoms with Crippen molar-refractivity contribution in [1.29, 1.82) is 0 Å². The van der Waals surface area contributed by atoms with Crippen molar-refractivity contribution in [3.8, 4) is 5.75 Å². The van der Waals surface area contributed by atoms with Crippen LogP contribution in [-0.2, 0) is 11.2 Å². The average molecular weight is 404 g/mol. The van der Waals surface area contributed by atoms with Crippen LogP contribution in [0.3, 0.4) is 0 Å². The van der Waals surface area contributed by atoms with Crippen molar-refractivity contribution in [3.63, 3.8) is 0 Å². The van der Waals surface area contributed by atoms with Crippen molar-refractivity contribution in [2.45, 2.75) is 57.5 Å². The van der Waals surface area contributed by atoms with Gasteiger partial charge in [-0.15, -0.1) is 0 Å². The summed E-state index contributed by atoms with van der Waals surface area (Å²) in [5.74, 6) is -1.21. The van der Waals surface area contributed by atoms with Crippen molar-refractivity contribution in [2.24, 2.45) is 5.92 Å². The van der Waals surface area contributed by atoms with Crippen LogP contribution in [0.1, 0.15) is 67.7 Å². The van der Waals surface area contributed by atoms with Gasteiger partial charge in [0.15, 0.2) is 23.2 Å². The summed E-state index contributed by atoms with van der Waals surface area (Å²) in [4.78, 5) is 0. The van der Waals surface area contributed by atoms with E-state index in [1.54, 1.807) is 24.3 Å². The molecule has 1 aliphatic carbocycles. The predicted octanol–water partition coefficient (Wildman–Crippen LogP) is 6.48. The summed E-state index contributed by atoms with van der Waals surface area (Å²) < 4.78 is 53.8. The second-order valence-corrected chi connectivity index (χ2v) is 8.24. The number of rotatable bonds is 7. The smallest absolute Gasteiger partial charge is 0.165 e. The highest BCUT2D eigenvalue weighted by Crippen LogP contribution is 2.40. The number of benzene rings is 2. The SMILES string of the molecule is CCCc1ccc(OCC2CCC(c3ccc(C4CO4)c(F)c3F)CC2)c(F)c1. The molecular weight excluding hydrogens is 377 g/mol. The van der Waals surface area contributed by atoms with Gasteiger partial charge in [-0.05, 0) is 67.2 Å². The molecular formula is C24H27F3O2. The fourth-order valence-corrected chi connectivity index (χ4v) is 4.32. The number of hydrogen-bond donors (Lipinski definition) is 0. The first-order valence-electron chi connectivity index (χ1n) is 10.6. The molecule has 0 bridgehead atoms. The van der Waals surface area contributed by atoms with E-state index >= 15 is 0 Å². The summed E-state index contributed by atoms with van der Waals surface area (Å²) in [6.45, 7) is 2.98. The Morgan fingerprint density at radius 2 is 1.66 bits per heavy atom. The van der Waals surface area contributed by atoms with Gasteiger partial charge in [0.2, 0.25) is 0 Å². The summed E-state index contributed by atoms with van der Waals surface area (Å²) in [6.07, 6.45) is 4.81. The molecule has 4 rings (SSSR count). The summed E-state index contributed by atoms with van der Waals surface area (Å²) in [6, 6.07) is 8.53. The standard InChI is InChI=1S/C24H27F3O2/c1-2-3-15-6-11-21(20(25)12-15)28-13-16-4-7-17(8-5-16)18-9-10-19(22-14-29-22)24(27)23(18)26/h6,9-12,16-17,22H,2-5,7-8,13-14H2,1H3. The summed E-state index contributed by atoms with van der Waals surface area (Å²) in [7, 11) is 0. The van der Waals surface area contributed by atoms with Crippen molar-refractivity contribution < 1.29 is 22.6 Å². The zero-order valence-electron chi connectivity index (χ0n) is 16.7. The molecule has 1 unspecified atom stereocenters. The van der Waals surface area contributed by atoms with Crippen molar-refractivity contribution in [3.05, 3.63) is 64.5 Å². The lowest BCUT2D eigenvalue weighted by Crippen LogP contribution is -2.20. The maximum atomic E-state index is 14.5. The molecule has 1 atom stereocenters. The van der Waals surface area contributed by atoms with Crippen LogP contribution in [0.4, 0.5) is 13.2 Å². The first-order valence-corrected chi connectivity index (χ1v) is 10.6. The summed E-state index contributed by atoms with van der Waals surface area (Å²) >= 11 is 0. The second-order valence-electron chi connectivity index (χ2n) is 8.24. The molecule has 1 saturated heterocycles. The summed E-state index contributed by atoms with van der Waals surface area (Å²) in [5.41, 5.74) is 1.76. The zero-order valence-corrected chi connectivity index (χ0v) is 16.7. The minimum atomic E-state index is -0.766. The first-order chi connectivity index (χ1) is 14.1. The molecule has 1 saturated carbocycles. The van der Waals surface area contributed by atoms with Gasteiger partial charge < -0.3 is 9.47 Å². The van der Waals surface area contributed by atoms with Crippen molar-refractivity contribution >= 4 is 0 Å². The van der Waals surface area contributed by atoms with Crippen LogP contribution in [0.15, 0.2) is 30.3 Å². The first kappa shape index (κ1) is 20.3. The largest absolute Gasteiger partial charge is 0.490 e. The topological polar surface area (TPSA) is 21.8 Å². The van der Waals surface area contributed by atoms with E-state index in [9.17, 15) is 13.2 Å². The Morgan fingerprint density at radius 3 is 2.31 bits per heavy atom. The van der Waals surface area contributed by atoms with Gasteiger partial charge in [-0.3, -0.25) is 0 Å². The average Bonchev–Trinajstić information content (AvgIpc) is 3.55. The number of epoxide rings is 1. The molecule has 5 heteroatoms. The van der Waals surface area contributed by atoms with Crippen LogP contribution in [0.25, 0.3) is 0 Å². The monoisotopic (exact) mass is 404 g/mol. The van der Waals surface area contributed by atoms with Gasteiger partial charge in [-0.25, -0.2) is 13.2 Å². The Hall–Kier alpha value is -2.01. The normalized spacial score (nSPS) is 23.8. The Bertz CT molecular complexity index is 855. The molecule has 0 amide bonds. The Labute approximate surface area is 170 Å². The third kappa shape index (κ3) is 4.61. The maximum absolute atomic E-state index is 14.5. The highest BCUT2D eigenvalue weighted by Gasteiger charge is 2.32. The van der Waals surface area contributed by atoms with E-state index in [2.05, 4.69) is 6.92 Å². The highest BCUT2D eigenvalue weighted by molar-refractivity contribution is 5.32. The second kappa shape index (κ2) is 8.78. The molecule has 2 aromatic rings. The molecule has 2 fully saturated rings. The highest BCUT2D eigenvalue weighted by atomic mass is 19.2. The minimum absolute atomic E-state index is 0.0139. The van der Waals surface area contributed by atoms with Crippen LogP contribution in [-0.4, -0.2) is 13.2 Å². The van der Waals surface area contributed by atoms with E-state index in [-0.39, 0.29) is 23.6 Å². The van der Waals surface area contributed by atoms with Crippen LogP contribution in [0.5, 0.6) is 5.75 Å². The third-order valence-corrected chi connectivity index (χ3v) is 6.12. The predicted molar refractivity (Wildman–Crippen MR) is 106 cm³/mol. The molecule has 0 spiro atoms. The maximum Gasteiger partial charge on any atom is 0.165 e. The number of ether oxygens (including phenoxy) is 2. The molecule has 2 aromatic carbocycles. The minimum Gasteiger partial charge on any atom is -0.490 e. The molecule has 1 heterocycles. The Balaban J connectivity index is 1.31. The van der Waals surface area contributed by atoms with E-state index in [0.29, 0.717) is 30.3 Å². The number of halogens is 3. The lowest BCUT2D eigenvalue weighted by molar-refractivity contribution is 0.193. The van der Waals surface area contributed by atoms with Crippen molar-refractivity contribution in [1.82, 2.24) is 0 Å². The fourth-order valence-electron chi connectivity index (χ4n) is 4.32.